The molecule has 22 heavy (non-hydrogen) atoms. The van der Waals surface area contributed by atoms with Crippen LogP contribution in [-0.2, 0) is 0 Å². The first-order valence-corrected chi connectivity index (χ1v) is 8.42. The molecular formula is C13H12Br2N4O2S. The summed E-state index contributed by atoms with van der Waals surface area (Å²) in [5, 5.41) is 4.29. The van der Waals surface area contributed by atoms with Gasteiger partial charge in [-0.3, -0.25) is 4.79 Å². The van der Waals surface area contributed by atoms with Gasteiger partial charge in [-0.2, -0.15) is 5.10 Å². The normalized spacial score (nSPS) is 10.9. The number of thiazole rings is 1. The maximum Gasteiger partial charge on any atom is 0.283 e. The van der Waals surface area contributed by atoms with Crippen molar-refractivity contribution in [3.63, 3.8) is 0 Å². The summed E-state index contributed by atoms with van der Waals surface area (Å²) in [6.45, 7) is 1.73. The Morgan fingerprint density at radius 3 is 2.59 bits per heavy atom. The van der Waals surface area contributed by atoms with Crippen LogP contribution in [0.1, 0.15) is 20.9 Å². The van der Waals surface area contributed by atoms with E-state index in [-0.39, 0.29) is 5.91 Å². The number of hydrazone groups is 1. The molecule has 0 saturated carbocycles. The SMILES string of the molecule is COc1c(Br)cc(/C=N\NC(=O)c2sc(N)nc2C)cc1Br. The minimum absolute atomic E-state index is 0.338. The zero-order valence-corrected chi connectivity index (χ0v) is 15.7. The van der Waals surface area contributed by atoms with Crippen LogP contribution < -0.4 is 15.9 Å². The first-order chi connectivity index (χ1) is 10.4. The predicted octanol–water partition coefficient (Wildman–Crippen LogP) is 3.33. The maximum absolute atomic E-state index is 12.0. The number of rotatable bonds is 4. The van der Waals surface area contributed by atoms with Crippen LogP contribution in [0.15, 0.2) is 26.2 Å². The molecule has 0 unspecified atom stereocenters. The maximum atomic E-state index is 12.0. The van der Waals surface area contributed by atoms with E-state index in [0.29, 0.717) is 21.5 Å². The number of amides is 1. The number of benzene rings is 1. The Morgan fingerprint density at radius 2 is 2.09 bits per heavy atom. The lowest BCUT2D eigenvalue weighted by atomic mass is 10.2. The van der Waals surface area contributed by atoms with Gasteiger partial charge in [0.1, 0.15) is 10.6 Å². The number of methoxy groups -OCH3 is 1. The van der Waals surface area contributed by atoms with Crippen molar-refractivity contribution in [1.82, 2.24) is 10.4 Å². The smallest absolute Gasteiger partial charge is 0.283 e. The monoisotopic (exact) mass is 446 g/mol. The van der Waals surface area contributed by atoms with Crippen molar-refractivity contribution in [2.24, 2.45) is 5.10 Å². The predicted molar refractivity (Wildman–Crippen MR) is 94.7 cm³/mol. The second-order valence-electron chi connectivity index (χ2n) is 4.18. The lowest BCUT2D eigenvalue weighted by Crippen LogP contribution is -2.17. The molecule has 3 N–H and O–H groups in total. The van der Waals surface area contributed by atoms with Gasteiger partial charge in [0.25, 0.3) is 5.91 Å². The Bertz CT molecular complexity index is 723. The van der Waals surface area contributed by atoms with Crippen molar-refractivity contribution in [3.8, 4) is 5.75 Å². The van der Waals surface area contributed by atoms with E-state index in [2.05, 4.69) is 47.4 Å². The van der Waals surface area contributed by atoms with E-state index in [1.54, 1.807) is 14.0 Å². The first kappa shape index (κ1) is 16.9. The molecule has 9 heteroatoms. The van der Waals surface area contributed by atoms with Gasteiger partial charge < -0.3 is 10.5 Å². The minimum atomic E-state index is -0.338. The summed E-state index contributed by atoms with van der Waals surface area (Å²) in [4.78, 5) is 16.4. The highest BCUT2D eigenvalue weighted by Gasteiger charge is 2.13. The number of carbonyl (C=O) groups is 1. The van der Waals surface area contributed by atoms with Gasteiger partial charge in [-0.1, -0.05) is 11.3 Å². The van der Waals surface area contributed by atoms with Crippen LogP contribution in [0.4, 0.5) is 5.13 Å². The molecule has 0 bridgehead atoms. The standard InChI is InChI=1S/C13H12Br2N4O2S/c1-6-11(22-13(16)18-6)12(20)19-17-5-7-3-8(14)10(21-2)9(15)4-7/h3-5H,1-2H3,(H2,16,18)(H,19,20)/b17-5-. The number of aromatic nitrogens is 1. The van der Waals surface area contributed by atoms with E-state index in [4.69, 9.17) is 10.5 Å². The summed E-state index contributed by atoms with van der Waals surface area (Å²) < 4.78 is 6.78. The van der Waals surface area contributed by atoms with Crippen molar-refractivity contribution >= 4 is 60.5 Å². The number of ether oxygens (including phenoxy) is 1. The molecule has 2 rings (SSSR count). The second-order valence-corrected chi connectivity index (χ2v) is 6.92. The van der Waals surface area contributed by atoms with Crippen molar-refractivity contribution in [2.45, 2.75) is 6.92 Å². The average Bonchev–Trinajstić information content (AvgIpc) is 2.77. The number of hydrogen-bond acceptors (Lipinski definition) is 6. The lowest BCUT2D eigenvalue weighted by Gasteiger charge is -2.06. The van der Waals surface area contributed by atoms with E-state index in [1.165, 1.54) is 6.21 Å². The molecule has 0 saturated heterocycles. The number of carbonyl (C=O) groups excluding carboxylic acids is 1. The van der Waals surface area contributed by atoms with Gasteiger partial charge in [-0.05, 0) is 56.5 Å². The van der Waals surface area contributed by atoms with Gasteiger partial charge in [0, 0.05) is 0 Å². The van der Waals surface area contributed by atoms with Gasteiger partial charge in [-0.25, -0.2) is 10.4 Å². The number of nitrogens with one attached hydrogen (secondary N) is 1. The molecule has 1 amide bonds. The molecule has 1 aromatic heterocycles. The van der Waals surface area contributed by atoms with Crippen LogP contribution in [0, 0.1) is 6.92 Å². The van der Waals surface area contributed by atoms with Crippen molar-refractivity contribution in [3.05, 3.63) is 37.2 Å². The van der Waals surface area contributed by atoms with E-state index < -0.39 is 0 Å². The molecule has 1 heterocycles. The van der Waals surface area contributed by atoms with Crippen LogP contribution in [0.25, 0.3) is 0 Å². The Balaban J connectivity index is 2.10. The summed E-state index contributed by atoms with van der Waals surface area (Å²) >= 11 is 7.93. The highest BCUT2D eigenvalue weighted by atomic mass is 79.9. The molecule has 116 valence electrons. The Hall–Kier alpha value is -1.45. The van der Waals surface area contributed by atoms with Crippen molar-refractivity contribution in [2.75, 3.05) is 12.8 Å². The van der Waals surface area contributed by atoms with E-state index in [9.17, 15) is 4.79 Å². The third kappa shape index (κ3) is 3.84. The Labute approximate surface area is 148 Å². The third-order valence-electron chi connectivity index (χ3n) is 2.62. The molecule has 0 aliphatic carbocycles. The van der Waals surface area contributed by atoms with E-state index in [0.717, 1.165) is 25.8 Å². The molecule has 1 aromatic carbocycles. The number of anilines is 1. The fourth-order valence-corrected chi connectivity index (χ4v) is 3.96. The second kappa shape index (κ2) is 7.21. The topological polar surface area (TPSA) is 89.6 Å². The number of hydrogen-bond donors (Lipinski definition) is 2. The van der Waals surface area contributed by atoms with Gasteiger partial charge >= 0.3 is 0 Å². The summed E-state index contributed by atoms with van der Waals surface area (Å²) in [5.74, 6) is 0.353. The zero-order chi connectivity index (χ0) is 16.3. The average molecular weight is 448 g/mol. The van der Waals surface area contributed by atoms with Crippen LogP contribution >= 0.6 is 43.2 Å². The number of nitrogen functional groups attached to an aromatic ring is 1. The van der Waals surface area contributed by atoms with Crippen LogP contribution in [0.3, 0.4) is 0 Å². The number of aryl methyl sites for hydroxylation is 1. The molecule has 0 aliphatic rings. The molecule has 0 radical (unpaired) electrons. The fraction of sp³-hybridized carbons (Fsp3) is 0.154. The number of halogens is 2. The molecule has 0 aliphatic heterocycles. The van der Waals surface area contributed by atoms with Gasteiger partial charge in [-0.15, -0.1) is 0 Å². The van der Waals surface area contributed by atoms with E-state index >= 15 is 0 Å². The molecule has 0 spiro atoms. The van der Waals surface area contributed by atoms with Crippen LogP contribution in [0.2, 0.25) is 0 Å². The quantitative estimate of drug-likeness (QED) is 0.555. The van der Waals surface area contributed by atoms with Gasteiger partial charge in [0.2, 0.25) is 0 Å². The summed E-state index contributed by atoms with van der Waals surface area (Å²) in [7, 11) is 1.59. The van der Waals surface area contributed by atoms with Crippen molar-refractivity contribution in [1.29, 1.82) is 0 Å². The molecular weight excluding hydrogens is 436 g/mol. The largest absolute Gasteiger partial charge is 0.494 e. The highest BCUT2D eigenvalue weighted by molar-refractivity contribution is 9.11. The molecule has 2 aromatic rings. The Kier molecular flexibility index (Phi) is 5.54. The zero-order valence-electron chi connectivity index (χ0n) is 11.7. The third-order valence-corrected chi connectivity index (χ3v) is 4.79. The number of nitrogens with two attached hydrogens (primary N) is 1. The lowest BCUT2D eigenvalue weighted by molar-refractivity contribution is 0.0958. The first-order valence-electron chi connectivity index (χ1n) is 6.01. The summed E-state index contributed by atoms with van der Waals surface area (Å²) in [5.41, 5.74) is 9.40. The van der Waals surface area contributed by atoms with Crippen LogP contribution in [-0.4, -0.2) is 24.2 Å². The fourth-order valence-electron chi connectivity index (χ4n) is 1.69. The minimum Gasteiger partial charge on any atom is -0.494 e. The highest BCUT2D eigenvalue weighted by Crippen LogP contribution is 2.33. The van der Waals surface area contributed by atoms with Crippen LogP contribution in [0.5, 0.6) is 5.75 Å². The summed E-state index contributed by atoms with van der Waals surface area (Å²) in [6, 6.07) is 3.66. The molecule has 0 fully saturated rings. The van der Waals surface area contributed by atoms with E-state index in [1.807, 2.05) is 12.1 Å². The van der Waals surface area contributed by atoms with Gasteiger partial charge in [0.05, 0.1) is 28.0 Å². The summed E-state index contributed by atoms with van der Waals surface area (Å²) in [6.07, 6.45) is 1.53. The Morgan fingerprint density at radius 1 is 1.45 bits per heavy atom. The molecule has 0 atom stereocenters. The van der Waals surface area contributed by atoms with Crippen molar-refractivity contribution < 1.29 is 9.53 Å². The number of nitrogens with zero attached hydrogens (tertiary/aromatic N) is 2. The van der Waals surface area contributed by atoms with Gasteiger partial charge in [0.15, 0.2) is 5.13 Å². The molecule has 6 nitrogen and oxygen atoms in total.